The Morgan fingerprint density at radius 1 is 0.988 bits per heavy atom. The van der Waals surface area contributed by atoms with Gasteiger partial charge in [-0.15, -0.1) is 0 Å². The average molecular weight is 1200 g/mol. The van der Waals surface area contributed by atoms with Gasteiger partial charge in [-0.25, -0.2) is 14.6 Å². The first-order valence-corrected chi connectivity index (χ1v) is 28.5. The van der Waals surface area contributed by atoms with Crippen LogP contribution < -0.4 is 31.0 Å². The molecule has 1 unspecified atom stereocenters. The van der Waals surface area contributed by atoms with Crippen molar-refractivity contribution in [3.05, 3.63) is 82.5 Å². The Kier molecular flexibility index (Phi) is 23.7. The highest BCUT2D eigenvalue weighted by molar-refractivity contribution is 6.35. The summed E-state index contributed by atoms with van der Waals surface area (Å²) < 4.78 is 43.1. The molecule has 5 heterocycles. The number of aliphatic carboxylic acids is 1. The van der Waals surface area contributed by atoms with E-state index >= 15 is 0 Å². The van der Waals surface area contributed by atoms with E-state index < -0.39 is 89.5 Å². The molecule has 0 aliphatic carbocycles. The number of benzene rings is 2. The van der Waals surface area contributed by atoms with Gasteiger partial charge in [0.25, 0.3) is 0 Å². The van der Waals surface area contributed by atoms with Gasteiger partial charge in [0, 0.05) is 78.2 Å². The highest BCUT2D eigenvalue weighted by Crippen LogP contribution is 2.50. The van der Waals surface area contributed by atoms with Gasteiger partial charge in [0.1, 0.15) is 52.4 Å². The van der Waals surface area contributed by atoms with Gasteiger partial charge in [0.05, 0.1) is 58.6 Å². The molecule has 24 nitrogen and oxygen atoms in total. The van der Waals surface area contributed by atoms with Gasteiger partial charge >= 0.3 is 18.0 Å². The van der Waals surface area contributed by atoms with Crippen LogP contribution in [0.25, 0.3) is 10.9 Å². The molecule has 2 saturated heterocycles. The molecule has 8 atom stereocenters. The van der Waals surface area contributed by atoms with Crippen molar-refractivity contribution in [2.75, 3.05) is 80.3 Å². The zero-order valence-corrected chi connectivity index (χ0v) is 50.5. The van der Waals surface area contributed by atoms with Crippen LogP contribution >= 0.6 is 11.6 Å². The first-order valence-electron chi connectivity index (χ1n) is 28.1. The Morgan fingerprint density at radius 2 is 1.70 bits per heavy atom. The number of methoxy groups -OCH3 is 2. The number of fused-ring (bicyclic) bond motifs is 7. The fraction of sp³-hybridized carbons (Fsp3) is 0.576. The maximum Gasteiger partial charge on any atom is 0.409 e. The number of alkyl carbamates (subject to hydrolysis) is 1. The number of carboxylic acids is 1. The lowest BCUT2D eigenvalue weighted by molar-refractivity contribution is -0.328. The van der Waals surface area contributed by atoms with Crippen molar-refractivity contribution < 1.29 is 76.9 Å². The Morgan fingerprint density at radius 3 is 2.39 bits per heavy atom. The topological polar surface area (TPSA) is 287 Å². The van der Waals surface area contributed by atoms with E-state index in [4.69, 9.17) is 44.8 Å². The summed E-state index contributed by atoms with van der Waals surface area (Å²) in [5.41, 5.74) is 2.58. The van der Waals surface area contributed by atoms with Crippen molar-refractivity contribution in [3.63, 3.8) is 0 Å². The molecule has 84 heavy (non-hydrogen) atoms. The van der Waals surface area contributed by atoms with Gasteiger partial charge < -0.3 is 68.4 Å². The maximum absolute atomic E-state index is 14.4. The van der Waals surface area contributed by atoms with Crippen molar-refractivity contribution in [1.29, 1.82) is 0 Å². The number of carbonyl (C=O) groups excluding carboxylic acids is 6. The van der Waals surface area contributed by atoms with E-state index in [1.54, 1.807) is 45.2 Å². The van der Waals surface area contributed by atoms with Crippen LogP contribution in [0.1, 0.15) is 90.3 Å². The van der Waals surface area contributed by atoms with E-state index in [9.17, 15) is 43.8 Å². The van der Waals surface area contributed by atoms with Gasteiger partial charge in [0.15, 0.2) is 5.72 Å². The van der Waals surface area contributed by atoms with E-state index in [1.165, 1.54) is 38.0 Å². The lowest BCUT2D eigenvalue weighted by atomic mass is 9.72. The molecule has 4 aliphatic rings. The molecule has 2 aromatic carbocycles. The van der Waals surface area contributed by atoms with Gasteiger partial charge in [0.2, 0.25) is 23.6 Å². The number of nitrogens with one attached hydrogen (secondary N) is 4. The Bertz CT molecular complexity index is 2890. The summed E-state index contributed by atoms with van der Waals surface area (Å²) in [7, 11) is 9.59. The highest BCUT2D eigenvalue weighted by atomic mass is 35.5. The summed E-state index contributed by atoms with van der Waals surface area (Å²) in [5.74, 6) is -3.28. The fourth-order valence-electron chi connectivity index (χ4n) is 10.7. The summed E-state index contributed by atoms with van der Waals surface area (Å²) in [6.07, 6.45) is 1.08. The molecule has 6 bridgehead atoms. The number of likely N-dealkylation sites (N-methyl/N-ethyl adjacent to an activating group) is 1. The molecule has 2 fully saturated rings. The third kappa shape index (κ3) is 17.3. The molecule has 6 N–H and O–H groups in total. The largest absolute Gasteiger partial charge is 0.495 e. The van der Waals surface area contributed by atoms with Gasteiger partial charge in [-0.05, 0) is 89.2 Å². The number of hydrazine groups is 1. The van der Waals surface area contributed by atoms with Crippen molar-refractivity contribution >= 4 is 69.9 Å². The van der Waals surface area contributed by atoms with E-state index in [2.05, 4.69) is 32.0 Å². The second-order valence-corrected chi connectivity index (χ2v) is 22.4. The smallest absolute Gasteiger partial charge is 0.409 e. The summed E-state index contributed by atoms with van der Waals surface area (Å²) in [4.78, 5) is 95.4. The molecule has 5 amide bonds. The van der Waals surface area contributed by atoms with Crippen LogP contribution in [-0.4, -0.2) is 189 Å². The normalized spacial score (nSPS) is 24.4. The predicted octanol–water partition coefficient (Wildman–Crippen LogP) is 4.55. The number of para-hydroxylation sites is 1. The average Bonchev–Trinajstić information content (AvgIpc) is 1.53. The first-order chi connectivity index (χ1) is 39.8. The van der Waals surface area contributed by atoms with Crippen LogP contribution in [0.5, 0.6) is 5.75 Å². The van der Waals surface area contributed by atoms with E-state index in [-0.39, 0.29) is 88.8 Å². The minimum absolute atomic E-state index is 0.0201. The number of allylic oxidation sites excluding steroid dienone is 3. The molecule has 4 aliphatic heterocycles. The number of amides is 5. The maximum atomic E-state index is 14.4. The highest BCUT2D eigenvalue weighted by Gasteiger charge is 2.63. The quantitative estimate of drug-likeness (QED) is 0.0365. The minimum Gasteiger partial charge on any atom is -0.495 e. The van der Waals surface area contributed by atoms with Crippen molar-refractivity contribution in [2.45, 2.75) is 146 Å². The number of carbonyl (C=O) groups is 7. The Balaban J connectivity index is 1.00. The van der Waals surface area contributed by atoms with E-state index in [0.717, 1.165) is 27.7 Å². The number of aryl methyl sites for hydroxylation is 1. The molecule has 7 rings (SSSR count). The summed E-state index contributed by atoms with van der Waals surface area (Å²) >= 11 is 6.82. The zero-order valence-electron chi connectivity index (χ0n) is 49.8. The van der Waals surface area contributed by atoms with Crippen LogP contribution in [0.3, 0.4) is 0 Å². The summed E-state index contributed by atoms with van der Waals surface area (Å²) in [6.45, 7) is 8.08. The van der Waals surface area contributed by atoms with Crippen LogP contribution in [0, 0.1) is 0 Å². The third-order valence-corrected chi connectivity index (χ3v) is 16.0. The van der Waals surface area contributed by atoms with Crippen molar-refractivity contribution in [3.8, 4) is 5.75 Å². The fourth-order valence-corrected chi connectivity index (χ4v) is 11.0. The van der Waals surface area contributed by atoms with Crippen molar-refractivity contribution in [2.24, 2.45) is 0 Å². The van der Waals surface area contributed by atoms with Crippen molar-refractivity contribution in [1.82, 2.24) is 35.9 Å². The summed E-state index contributed by atoms with van der Waals surface area (Å²) in [6, 6.07) is 11.4. The minimum atomic E-state index is -1.91. The van der Waals surface area contributed by atoms with Crippen LogP contribution in [0.15, 0.2) is 66.3 Å². The van der Waals surface area contributed by atoms with Gasteiger partial charge in [-0.2, -0.15) is 0 Å². The van der Waals surface area contributed by atoms with Gasteiger partial charge in [-0.3, -0.25) is 34.7 Å². The van der Waals surface area contributed by atoms with E-state index in [0.29, 0.717) is 30.9 Å². The summed E-state index contributed by atoms with van der Waals surface area (Å²) in [5, 5.41) is 32.3. The molecule has 0 radical (unpaired) electrons. The van der Waals surface area contributed by atoms with E-state index in [1.807, 2.05) is 56.4 Å². The second-order valence-electron chi connectivity index (χ2n) is 22.0. The zero-order chi connectivity index (χ0) is 61.5. The molecular weight excluding hydrogens is 1110 g/mol. The number of anilines is 1. The van der Waals surface area contributed by atoms with Gasteiger partial charge in [-0.1, -0.05) is 53.6 Å². The Hall–Kier alpha value is -6.64. The number of halogens is 1. The third-order valence-electron chi connectivity index (χ3n) is 15.6. The predicted molar refractivity (Wildman–Crippen MR) is 311 cm³/mol. The number of rotatable bonds is 26. The number of aromatic nitrogens is 1. The molecule has 1 aromatic heterocycles. The molecule has 0 spiro atoms. The molecular formula is C59H83ClN8O16. The molecule has 25 heteroatoms. The lowest BCUT2D eigenvalue weighted by Crippen LogP contribution is -2.72. The molecule has 3 aromatic rings. The number of ether oxygens (including phenoxy) is 7. The number of aliphatic hydroxyl groups is 1. The SMILES string of the molecule is CNN(C)Cc1cc2ccccc2n1CCC(=O)N[C@@H](CCCC(=O)O)C(=O)NCCOCCOCCC(=O)N(C)[C@@H](C)C(=O)O[C@H]1CC(=O)N(C)c2cc(cc(OC)c2Cl)C/C(C)=C/C=C/[C@@H](OC)[C@@]2(O)C[C@H](OC(=O)N2)C2(C)C[C@@]1(C)O2. The van der Waals surface area contributed by atoms with Crippen LogP contribution in [-0.2, 0) is 76.7 Å². The molecule has 462 valence electrons. The standard InChI is InChI=1S/C59H83ClN8O16/c1-37-15-13-19-46(79-10)59(77)34-48(83-56(76)64-59)58(4)36-57(3,84-58)47(33-51(71)67(8)44-30-39(29-37)31-45(78-9)53(44)60)82-55(75)38(2)66(7)50(70)22-25-80-27-28-81-26-23-62-54(74)42(17-14-20-52(72)73)63-49(69)21-24-68-41(35-65(6)61-5)32-40-16-11-12-18-43(40)68/h11-13,15-16,18-19,30-32,38,42,46-48,61,77H,14,17,20-29,33-36H2,1-10H3,(H,62,74)(H,63,69)(H,64,76)(H,72,73)/b19-13+,37-15+/t38-,42-,46+,47-,48-,57+,58?,59-/m0/s1. The number of esters is 1. The van der Waals surface area contributed by atoms with Crippen LogP contribution in [0.4, 0.5) is 10.5 Å². The number of nitrogens with zero attached hydrogens (tertiary/aromatic N) is 4. The van der Waals surface area contributed by atoms with Crippen LogP contribution in [0.2, 0.25) is 5.02 Å². The number of hydrogen-bond acceptors (Lipinski definition) is 17. The first kappa shape index (κ1) is 66.5. The second kappa shape index (κ2) is 29.9. The Labute approximate surface area is 495 Å². The monoisotopic (exact) mass is 1190 g/mol. The molecule has 0 saturated carbocycles. The lowest BCUT2D eigenvalue weighted by Gasteiger charge is -2.59. The number of hydrogen-bond donors (Lipinski definition) is 6. The number of carboxylic acid groups (broad SMARTS) is 1.